The molecule has 26 heavy (non-hydrogen) atoms. The Balaban J connectivity index is 1.87. The van der Waals surface area contributed by atoms with Gasteiger partial charge in [0, 0.05) is 11.1 Å². The number of hydrogen-bond donors (Lipinski definition) is 0. The van der Waals surface area contributed by atoms with Crippen molar-refractivity contribution in [2.24, 2.45) is 4.99 Å². The molecule has 0 amide bonds. The largest absolute Gasteiger partial charge is 0.416 e. The highest BCUT2D eigenvalue weighted by Crippen LogP contribution is 2.33. The molecule has 0 N–H and O–H groups in total. The van der Waals surface area contributed by atoms with Crippen LogP contribution in [-0.2, 0) is 15.7 Å². The third-order valence-corrected chi connectivity index (χ3v) is 3.74. The maximum Gasteiger partial charge on any atom is 0.416 e. The van der Waals surface area contributed by atoms with Gasteiger partial charge in [-0.1, -0.05) is 41.9 Å². The quantitative estimate of drug-likeness (QED) is 0.533. The Morgan fingerprint density at radius 2 is 1.69 bits per heavy atom. The first-order valence-electron chi connectivity index (χ1n) is 7.45. The molecule has 3 rings (SSSR count). The van der Waals surface area contributed by atoms with Gasteiger partial charge in [0.05, 0.1) is 5.56 Å². The highest BCUT2D eigenvalue weighted by atomic mass is 35.5. The maximum absolute atomic E-state index is 13.0. The number of nitrogens with zero attached hydrogens (tertiary/aromatic N) is 1. The average Bonchev–Trinajstić information content (AvgIpc) is 2.94. The van der Waals surface area contributed by atoms with Crippen LogP contribution in [0.2, 0.25) is 5.02 Å². The zero-order chi connectivity index (χ0) is 18.7. The van der Waals surface area contributed by atoms with Crippen molar-refractivity contribution >= 4 is 35.6 Å². The molecular formula is C19H11ClF3NO2. The highest BCUT2D eigenvalue weighted by Gasteiger charge is 2.33. The van der Waals surface area contributed by atoms with Crippen molar-refractivity contribution in [2.45, 2.75) is 6.18 Å². The number of carbonyl (C=O) groups is 1. The molecule has 3 nitrogen and oxygen atoms in total. The Labute approximate surface area is 152 Å². The fourth-order valence-corrected chi connectivity index (χ4v) is 2.39. The molecule has 0 saturated heterocycles. The second-order valence-corrected chi connectivity index (χ2v) is 5.78. The van der Waals surface area contributed by atoms with Gasteiger partial charge in [0.1, 0.15) is 0 Å². The summed E-state index contributed by atoms with van der Waals surface area (Å²) in [6.45, 7) is 0. The van der Waals surface area contributed by atoms with Crippen molar-refractivity contribution in [1.29, 1.82) is 0 Å². The van der Waals surface area contributed by atoms with Crippen molar-refractivity contribution in [1.82, 2.24) is 0 Å². The number of cyclic esters (lactones) is 1. The van der Waals surface area contributed by atoms with Gasteiger partial charge in [-0.2, -0.15) is 13.2 Å². The Morgan fingerprint density at radius 1 is 1.00 bits per heavy atom. The van der Waals surface area contributed by atoms with Gasteiger partial charge >= 0.3 is 12.1 Å². The first-order chi connectivity index (χ1) is 12.3. The number of halogens is 4. The van der Waals surface area contributed by atoms with Crippen molar-refractivity contribution in [3.8, 4) is 0 Å². The number of ether oxygens (including phenoxy) is 1. The molecule has 2 aromatic carbocycles. The number of aliphatic imine (C=N–C) groups is 1. The fourth-order valence-electron chi connectivity index (χ4n) is 2.27. The lowest BCUT2D eigenvalue weighted by molar-refractivity contribution is -0.137. The molecule has 1 heterocycles. The SMILES string of the molecule is O=C1OC(/C=C/c2ccc(Cl)cc2)=NC/1=C/c1ccccc1C(F)(F)F. The lowest BCUT2D eigenvalue weighted by atomic mass is 10.1. The summed E-state index contributed by atoms with van der Waals surface area (Å²) in [5.41, 5.74) is -0.398. The zero-order valence-corrected chi connectivity index (χ0v) is 13.9. The van der Waals surface area contributed by atoms with Crippen LogP contribution in [-0.4, -0.2) is 11.9 Å². The molecule has 1 aliphatic heterocycles. The normalized spacial score (nSPS) is 16.2. The molecule has 132 valence electrons. The summed E-state index contributed by atoms with van der Waals surface area (Å²) in [5, 5.41) is 0.584. The number of rotatable bonds is 3. The van der Waals surface area contributed by atoms with Gasteiger partial charge in [-0.3, -0.25) is 0 Å². The van der Waals surface area contributed by atoms with E-state index in [9.17, 15) is 18.0 Å². The Hall–Kier alpha value is -2.86. The standard InChI is InChI=1S/C19H11ClF3NO2/c20-14-8-5-12(6-9-14)7-10-17-24-16(18(25)26-17)11-13-3-1-2-4-15(13)19(21,22)23/h1-11H/b10-7+,16-11+. The second kappa shape index (κ2) is 7.17. The van der Waals surface area contributed by atoms with Gasteiger partial charge in [-0.15, -0.1) is 0 Å². The summed E-state index contributed by atoms with van der Waals surface area (Å²) < 4.78 is 44.1. The Bertz CT molecular complexity index is 929. The predicted molar refractivity (Wildman–Crippen MR) is 93.4 cm³/mol. The van der Waals surface area contributed by atoms with Crippen LogP contribution in [0.25, 0.3) is 12.2 Å². The number of alkyl halides is 3. The van der Waals surface area contributed by atoms with Gasteiger partial charge in [0.15, 0.2) is 5.70 Å². The average molecular weight is 378 g/mol. The molecular weight excluding hydrogens is 367 g/mol. The van der Waals surface area contributed by atoms with E-state index in [-0.39, 0.29) is 17.2 Å². The van der Waals surface area contributed by atoms with Gasteiger partial charge in [-0.25, -0.2) is 9.79 Å². The van der Waals surface area contributed by atoms with E-state index >= 15 is 0 Å². The van der Waals surface area contributed by atoms with Crippen LogP contribution in [0.5, 0.6) is 0 Å². The van der Waals surface area contributed by atoms with E-state index in [1.807, 2.05) is 0 Å². The van der Waals surface area contributed by atoms with E-state index in [4.69, 9.17) is 16.3 Å². The van der Waals surface area contributed by atoms with Crippen LogP contribution in [0.3, 0.4) is 0 Å². The van der Waals surface area contributed by atoms with Crippen LogP contribution in [0.4, 0.5) is 13.2 Å². The van der Waals surface area contributed by atoms with Gasteiger partial charge in [0.25, 0.3) is 0 Å². The number of carbonyl (C=O) groups excluding carboxylic acids is 1. The minimum absolute atomic E-state index is 0.000639. The third kappa shape index (κ3) is 4.21. The van der Waals surface area contributed by atoms with Crippen LogP contribution in [0, 0.1) is 0 Å². The van der Waals surface area contributed by atoms with Crippen LogP contribution < -0.4 is 0 Å². The lowest BCUT2D eigenvalue weighted by Gasteiger charge is -2.09. The molecule has 0 unspecified atom stereocenters. The highest BCUT2D eigenvalue weighted by molar-refractivity contribution is 6.30. The molecule has 0 aromatic heterocycles. The van der Waals surface area contributed by atoms with E-state index in [0.717, 1.165) is 17.7 Å². The lowest BCUT2D eigenvalue weighted by Crippen LogP contribution is -2.07. The summed E-state index contributed by atoms with van der Waals surface area (Å²) in [7, 11) is 0. The molecule has 0 fully saturated rings. The molecule has 0 aliphatic carbocycles. The van der Waals surface area contributed by atoms with E-state index < -0.39 is 17.7 Å². The molecule has 2 aromatic rings. The fraction of sp³-hybridized carbons (Fsp3) is 0.0526. The number of benzene rings is 2. The van der Waals surface area contributed by atoms with Crippen molar-refractivity contribution in [3.63, 3.8) is 0 Å². The van der Waals surface area contributed by atoms with Crippen molar-refractivity contribution in [3.05, 3.63) is 82.0 Å². The second-order valence-electron chi connectivity index (χ2n) is 5.34. The summed E-state index contributed by atoms with van der Waals surface area (Å²) >= 11 is 5.79. The summed E-state index contributed by atoms with van der Waals surface area (Å²) in [5.74, 6) is -0.807. The van der Waals surface area contributed by atoms with E-state index in [0.29, 0.717) is 5.02 Å². The van der Waals surface area contributed by atoms with E-state index in [1.54, 1.807) is 30.3 Å². The van der Waals surface area contributed by atoms with Crippen molar-refractivity contribution in [2.75, 3.05) is 0 Å². The Morgan fingerprint density at radius 3 is 2.38 bits per heavy atom. The molecule has 0 bridgehead atoms. The molecule has 0 radical (unpaired) electrons. The molecule has 7 heteroatoms. The zero-order valence-electron chi connectivity index (χ0n) is 13.1. The summed E-state index contributed by atoms with van der Waals surface area (Å²) in [6, 6.07) is 11.8. The first-order valence-corrected chi connectivity index (χ1v) is 7.83. The minimum atomic E-state index is -4.53. The van der Waals surface area contributed by atoms with Gasteiger partial charge in [0.2, 0.25) is 5.90 Å². The number of hydrogen-bond acceptors (Lipinski definition) is 3. The summed E-state index contributed by atoms with van der Waals surface area (Å²) in [4.78, 5) is 15.8. The first kappa shape index (κ1) is 17.9. The minimum Gasteiger partial charge on any atom is -0.403 e. The third-order valence-electron chi connectivity index (χ3n) is 3.48. The molecule has 0 atom stereocenters. The van der Waals surface area contributed by atoms with Gasteiger partial charge in [-0.05, 0) is 41.5 Å². The van der Waals surface area contributed by atoms with Crippen LogP contribution >= 0.6 is 11.6 Å². The molecule has 0 saturated carbocycles. The molecule has 1 aliphatic rings. The maximum atomic E-state index is 13.0. The van der Waals surface area contributed by atoms with Crippen LogP contribution in [0.1, 0.15) is 16.7 Å². The van der Waals surface area contributed by atoms with Crippen LogP contribution in [0.15, 0.2) is 65.3 Å². The smallest absolute Gasteiger partial charge is 0.403 e. The summed E-state index contributed by atoms with van der Waals surface area (Å²) in [6.07, 6.45) is -0.363. The topological polar surface area (TPSA) is 38.7 Å². The van der Waals surface area contributed by atoms with E-state index in [1.165, 1.54) is 24.3 Å². The molecule has 0 spiro atoms. The van der Waals surface area contributed by atoms with E-state index in [2.05, 4.69) is 4.99 Å². The number of esters is 1. The monoisotopic (exact) mass is 377 g/mol. The van der Waals surface area contributed by atoms with Gasteiger partial charge < -0.3 is 4.74 Å². The predicted octanol–water partition coefficient (Wildman–Crippen LogP) is 5.37. The van der Waals surface area contributed by atoms with Crippen molar-refractivity contribution < 1.29 is 22.7 Å². The Kier molecular flexibility index (Phi) is 4.95.